The topological polar surface area (TPSA) is 15.3 Å². The lowest BCUT2D eigenvalue weighted by atomic mass is 10.1. The van der Waals surface area contributed by atoms with Gasteiger partial charge in [0.05, 0.1) is 0 Å². The van der Waals surface area contributed by atoms with Crippen LogP contribution >= 0.6 is 12.6 Å². The summed E-state index contributed by atoms with van der Waals surface area (Å²) in [6.07, 6.45) is 1.32. The fraction of sp³-hybridized carbons (Fsp3) is 1.00. The molecule has 2 nitrogen and oxygen atoms in total. The number of hydrogen-bond donors (Lipinski definition) is 2. The first-order valence-corrected chi connectivity index (χ1v) is 5.76. The molecule has 0 amide bonds. The second kappa shape index (κ2) is 5.23. The maximum atomic E-state index is 4.45. The molecule has 1 heterocycles. The van der Waals surface area contributed by atoms with Crippen LogP contribution in [0.1, 0.15) is 27.2 Å². The molecule has 0 aromatic carbocycles. The minimum absolute atomic E-state index is 0.420. The Hall–Kier alpha value is 0.270. The molecule has 2 atom stereocenters. The molecular weight excluding hydrogens is 180 g/mol. The Balaban J connectivity index is 2.17. The lowest BCUT2D eigenvalue weighted by Crippen LogP contribution is -2.32. The summed E-state index contributed by atoms with van der Waals surface area (Å²) in [5.74, 6) is 0.831. The molecule has 0 bridgehead atoms. The quantitative estimate of drug-likeness (QED) is 0.673. The molecule has 1 rings (SSSR count). The normalized spacial score (nSPS) is 27.0. The third kappa shape index (κ3) is 3.88. The highest BCUT2D eigenvalue weighted by Crippen LogP contribution is 2.19. The lowest BCUT2D eigenvalue weighted by Gasteiger charge is -2.20. The highest BCUT2D eigenvalue weighted by Gasteiger charge is 2.23. The van der Waals surface area contributed by atoms with Crippen molar-refractivity contribution in [2.24, 2.45) is 5.92 Å². The summed E-state index contributed by atoms with van der Waals surface area (Å²) in [6.45, 7) is 10.2. The van der Waals surface area contributed by atoms with Crippen LogP contribution in [-0.4, -0.2) is 35.9 Å². The van der Waals surface area contributed by atoms with Gasteiger partial charge in [-0.15, -0.1) is 0 Å². The molecular formula is C10H22N2S. The number of nitrogens with zero attached hydrogens (tertiary/aromatic N) is 1. The van der Waals surface area contributed by atoms with E-state index in [2.05, 4.69) is 43.6 Å². The first-order chi connectivity index (χ1) is 6.09. The Labute approximate surface area is 87.5 Å². The average Bonchev–Trinajstić information content (AvgIpc) is 2.48. The van der Waals surface area contributed by atoms with E-state index >= 15 is 0 Å². The minimum atomic E-state index is 0.420. The molecule has 1 aliphatic rings. The first kappa shape index (κ1) is 11.3. The number of hydrogen-bond acceptors (Lipinski definition) is 3. The smallest absolute Gasteiger partial charge is 0.0499 e. The SMILES string of the molecule is CC(C)NCC1CCN(C(C)S)C1. The molecule has 0 spiro atoms. The van der Waals surface area contributed by atoms with Crippen LogP contribution in [0.5, 0.6) is 0 Å². The highest BCUT2D eigenvalue weighted by atomic mass is 32.1. The Morgan fingerprint density at radius 3 is 2.62 bits per heavy atom. The summed E-state index contributed by atoms with van der Waals surface area (Å²) in [6, 6.07) is 0.613. The van der Waals surface area contributed by atoms with E-state index in [0.29, 0.717) is 11.4 Å². The number of nitrogens with one attached hydrogen (secondary N) is 1. The van der Waals surface area contributed by atoms with Gasteiger partial charge in [0.2, 0.25) is 0 Å². The van der Waals surface area contributed by atoms with Crippen molar-refractivity contribution in [3.05, 3.63) is 0 Å². The van der Waals surface area contributed by atoms with E-state index in [1.807, 2.05) is 0 Å². The maximum absolute atomic E-state index is 4.45. The van der Waals surface area contributed by atoms with Crippen LogP contribution in [0.4, 0.5) is 0 Å². The van der Waals surface area contributed by atoms with Crippen LogP contribution in [-0.2, 0) is 0 Å². The summed E-state index contributed by atoms with van der Waals surface area (Å²) in [5.41, 5.74) is 0. The van der Waals surface area contributed by atoms with E-state index in [1.165, 1.54) is 19.5 Å². The first-order valence-electron chi connectivity index (χ1n) is 5.25. The van der Waals surface area contributed by atoms with E-state index in [4.69, 9.17) is 0 Å². The van der Waals surface area contributed by atoms with E-state index in [-0.39, 0.29) is 0 Å². The number of thiol groups is 1. The second-order valence-electron chi connectivity index (χ2n) is 4.34. The predicted octanol–water partition coefficient (Wildman–Crippen LogP) is 1.58. The van der Waals surface area contributed by atoms with Crippen LogP contribution in [0.25, 0.3) is 0 Å². The molecule has 2 unspecified atom stereocenters. The summed E-state index contributed by atoms with van der Waals surface area (Å²) in [4.78, 5) is 2.44. The Morgan fingerprint density at radius 2 is 2.15 bits per heavy atom. The van der Waals surface area contributed by atoms with Crippen molar-refractivity contribution in [1.82, 2.24) is 10.2 Å². The van der Waals surface area contributed by atoms with Gasteiger partial charge in [-0.3, -0.25) is 4.90 Å². The zero-order chi connectivity index (χ0) is 9.84. The van der Waals surface area contributed by atoms with E-state index in [1.54, 1.807) is 0 Å². The van der Waals surface area contributed by atoms with Gasteiger partial charge in [0, 0.05) is 18.0 Å². The Kier molecular flexibility index (Phi) is 4.56. The largest absolute Gasteiger partial charge is 0.314 e. The van der Waals surface area contributed by atoms with Gasteiger partial charge in [-0.1, -0.05) is 13.8 Å². The molecule has 1 fully saturated rings. The molecule has 78 valence electrons. The van der Waals surface area contributed by atoms with Crippen molar-refractivity contribution in [2.45, 2.75) is 38.6 Å². The molecule has 1 saturated heterocycles. The zero-order valence-electron chi connectivity index (χ0n) is 8.95. The predicted molar refractivity (Wildman–Crippen MR) is 61.3 cm³/mol. The molecule has 1 N–H and O–H groups in total. The van der Waals surface area contributed by atoms with E-state index in [9.17, 15) is 0 Å². The minimum Gasteiger partial charge on any atom is -0.314 e. The molecule has 0 aromatic rings. The summed E-state index contributed by atoms with van der Waals surface area (Å²) in [5, 5.41) is 3.92. The van der Waals surface area contributed by atoms with Gasteiger partial charge in [-0.2, -0.15) is 12.6 Å². The molecule has 1 aliphatic heterocycles. The third-order valence-electron chi connectivity index (χ3n) is 2.66. The number of likely N-dealkylation sites (tertiary alicyclic amines) is 1. The van der Waals surface area contributed by atoms with Crippen LogP contribution < -0.4 is 5.32 Å². The van der Waals surface area contributed by atoms with Crippen molar-refractivity contribution in [3.63, 3.8) is 0 Å². The van der Waals surface area contributed by atoms with Gasteiger partial charge in [0.25, 0.3) is 0 Å². The van der Waals surface area contributed by atoms with Crippen LogP contribution in [0, 0.1) is 5.92 Å². The summed E-state index contributed by atoms with van der Waals surface area (Å²) < 4.78 is 0. The molecule has 0 aliphatic carbocycles. The number of rotatable bonds is 4. The molecule has 3 heteroatoms. The van der Waals surface area contributed by atoms with Crippen LogP contribution in [0.3, 0.4) is 0 Å². The summed E-state index contributed by atoms with van der Waals surface area (Å²) in [7, 11) is 0. The van der Waals surface area contributed by atoms with Crippen LogP contribution in [0.2, 0.25) is 0 Å². The van der Waals surface area contributed by atoms with Crippen molar-refractivity contribution in [3.8, 4) is 0 Å². The van der Waals surface area contributed by atoms with Gasteiger partial charge in [0.15, 0.2) is 0 Å². The average molecular weight is 202 g/mol. The third-order valence-corrected chi connectivity index (χ3v) is 2.99. The zero-order valence-corrected chi connectivity index (χ0v) is 9.85. The van der Waals surface area contributed by atoms with E-state index in [0.717, 1.165) is 12.5 Å². The van der Waals surface area contributed by atoms with Gasteiger partial charge < -0.3 is 5.32 Å². The molecule has 0 radical (unpaired) electrons. The Bertz CT molecular complexity index is 148. The lowest BCUT2D eigenvalue weighted by molar-refractivity contribution is 0.315. The van der Waals surface area contributed by atoms with Gasteiger partial charge in [-0.05, 0) is 32.4 Å². The van der Waals surface area contributed by atoms with Gasteiger partial charge in [-0.25, -0.2) is 0 Å². The van der Waals surface area contributed by atoms with Crippen LogP contribution in [0.15, 0.2) is 0 Å². The maximum Gasteiger partial charge on any atom is 0.0499 e. The van der Waals surface area contributed by atoms with Gasteiger partial charge >= 0.3 is 0 Å². The molecule has 0 aromatic heterocycles. The molecule has 13 heavy (non-hydrogen) atoms. The van der Waals surface area contributed by atoms with E-state index < -0.39 is 0 Å². The highest BCUT2D eigenvalue weighted by molar-refractivity contribution is 7.80. The Morgan fingerprint density at radius 1 is 1.46 bits per heavy atom. The fourth-order valence-electron chi connectivity index (χ4n) is 1.77. The summed E-state index contributed by atoms with van der Waals surface area (Å²) >= 11 is 4.45. The second-order valence-corrected chi connectivity index (χ2v) is 5.09. The van der Waals surface area contributed by atoms with Gasteiger partial charge in [0.1, 0.15) is 0 Å². The van der Waals surface area contributed by atoms with Crippen molar-refractivity contribution < 1.29 is 0 Å². The fourth-order valence-corrected chi connectivity index (χ4v) is 1.98. The van der Waals surface area contributed by atoms with Crippen molar-refractivity contribution in [1.29, 1.82) is 0 Å². The molecule has 0 saturated carbocycles. The van der Waals surface area contributed by atoms with Crippen molar-refractivity contribution >= 4 is 12.6 Å². The standard InChI is InChI=1S/C10H22N2S/c1-8(2)11-6-10-4-5-12(7-10)9(3)13/h8-11,13H,4-7H2,1-3H3. The monoisotopic (exact) mass is 202 g/mol. The van der Waals surface area contributed by atoms with Crippen molar-refractivity contribution in [2.75, 3.05) is 19.6 Å².